The summed E-state index contributed by atoms with van der Waals surface area (Å²) < 4.78 is 13.5. The summed E-state index contributed by atoms with van der Waals surface area (Å²) in [6, 6.07) is 23.8. The molecule has 156 valence electrons. The van der Waals surface area contributed by atoms with Crippen molar-refractivity contribution >= 4 is 33.4 Å². The zero-order valence-electron chi connectivity index (χ0n) is 16.9. The highest BCUT2D eigenvalue weighted by molar-refractivity contribution is 7.16. The zero-order chi connectivity index (χ0) is 21.6. The fourth-order valence-corrected chi connectivity index (χ4v) is 4.09. The van der Waals surface area contributed by atoms with Crippen molar-refractivity contribution in [3.63, 3.8) is 0 Å². The summed E-state index contributed by atoms with van der Waals surface area (Å²) in [5, 5.41) is 0. The van der Waals surface area contributed by atoms with Crippen molar-refractivity contribution in [1.29, 1.82) is 0 Å². The molecule has 3 aromatic carbocycles. The lowest BCUT2D eigenvalue weighted by Crippen LogP contribution is -2.23. The van der Waals surface area contributed by atoms with Crippen LogP contribution >= 0.6 is 11.3 Å². The molecule has 0 aliphatic carbocycles. The van der Waals surface area contributed by atoms with E-state index in [2.05, 4.69) is 4.99 Å². The first-order valence-electron chi connectivity index (χ1n) is 9.80. The van der Waals surface area contributed by atoms with Crippen molar-refractivity contribution in [2.24, 2.45) is 4.99 Å². The fraction of sp³-hybridized carbons (Fsp3) is 0.125. The van der Waals surface area contributed by atoms with Gasteiger partial charge in [0.2, 0.25) is 0 Å². The van der Waals surface area contributed by atoms with Crippen LogP contribution in [0.3, 0.4) is 0 Å². The van der Waals surface area contributed by atoms with Gasteiger partial charge < -0.3 is 14.0 Å². The Balaban J connectivity index is 1.67. The molecule has 0 aliphatic heterocycles. The Hall–Kier alpha value is -3.71. The predicted octanol–water partition coefficient (Wildman–Crippen LogP) is 4.80. The number of hydrogen-bond acceptors (Lipinski definition) is 5. The molecule has 31 heavy (non-hydrogen) atoms. The van der Waals surface area contributed by atoms with Crippen LogP contribution < -0.4 is 9.54 Å². The molecule has 1 aromatic heterocycles. The Morgan fingerprint density at radius 3 is 2.48 bits per heavy atom. The number of aromatic nitrogens is 1. The van der Waals surface area contributed by atoms with Crippen LogP contribution in [0.25, 0.3) is 10.2 Å². The molecule has 4 aromatic rings. The number of hydrogen-bond donors (Lipinski definition) is 0. The molecule has 0 bridgehead atoms. The van der Waals surface area contributed by atoms with E-state index >= 15 is 0 Å². The van der Waals surface area contributed by atoms with Crippen LogP contribution in [0.1, 0.15) is 17.3 Å². The topological polar surface area (TPSA) is 69.9 Å². The van der Waals surface area contributed by atoms with Crippen LogP contribution in [0.4, 0.5) is 0 Å². The fourth-order valence-electron chi connectivity index (χ4n) is 3.06. The van der Waals surface area contributed by atoms with Crippen molar-refractivity contribution in [2.75, 3.05) is 6.61 Å². The second kappa shape index (κ2) is 9.40. The number of nitrogens with zero attached hydrogens (tertiary/aromatic N) is 2. The van der Waals surface area contributed by atoms with Gasteiger partial charge in [-0.1, -0.05) is 47.7 Å². The number of carbonyl (C=O) groups is 2. The lowest BCUT2D eigenvalue weighted by atomic mass is 10.2. The Morgan fingerprint density at radius 1 is 0.935 bits per heavy atom. The van der Waals surface area contributed by atoms with Gasteiger partial charge in [-0.05, 0) is 49.4 Å². The van der Waals surface area contributed by atoms with E-state index in [0.717, 1.165) is 10.2 Å². The molecule has 0 saturated heterocycles. The standard InChI is InChI=1S/C24H20N2O4S/c1-2-29-22(27)16-26-20-13-6-7-14-21(20)31-24(26)25-23(28)17-9-8-12-19(15-17)30-18-10-4-3-5-11-18/h3-15H,2,16H2,1H3. The third-order valence-electron chi connectivity index (χ3n) is 4.44. The molecular weight excluding hydrogens is 412 g/mol. The molecule has 0 spiro atoms. The summed E-state index contributed by atoms with van der Waals surface area (Å²) >= 11 is 1.35. The molecular formula is C24H20N2O4S. The lowest BCUT2D eigenvalue weighted by Gasteiger charge is -2.06. The Morgan fingerprint density at radius 2 is 1.68 bits per heavy atom. The predicted molar refractivity (Wildman–Crippen MR) is 119 cm³/mol. The van der Waals surface area contributed by atoms with Crippen LogP contribution in [-0.4, -0.2) is 23.1 Å². The van der Waals surface area contributed by atoms with Gasteiger partial charge in [0.1, 0.15) is 18.0 Å². The van der Waals surface area contributed by atoms with Crippen LogP contribution in [-0.2, 0) is 16.1 Å². The number of fused-ring (bicyclic) bond motifs is 1. The summed E-state index contributed by atoms with van der Waals surface area (Å²) in [7, 11) is 0. The van der Waals surface area contributed by atoms with Crippen molar-refractivity contribution in [2.45, 2.75) is 13.5 Å². The summed E-state index contributed by atoms with van der Waals surface area (Å²) in [5.41, 5.74) is 1.22. The normalized spacial score (nSPS) is 11.5. The highest BCUT2D eigenvalue weighted by Crippen LogP contribution is 2.22. The van der Waals surface area contributed by atoms with E-state index in [0.29, 0.717) is 28.5 Å². The van der Waals surface area contributed by atoms with E-state index in [1.165, 1.54) is 11.3 Å². The van der Waals surface area contributed by atoms with Gasteiger partial charge in [-0.15, -0.1) is 0 Å². The largest absolute Gasteiger partial charge is 0.465 e. The number of ether oxygens (including phenoxy) is 2. The quantitative estimate of drug-likeness (QED) is 0.411. The SMILES string of the molecule is CCOC(=O)Cn1c(=NC(=O)c2cccc(Oc3ccccc3)c2)sc2ccccc21. The van der Waals surface area contributed by atoms with Gasteiger partial charge in [0.15, 0.2) is 4.80 Å². The van der Waals surface area contributed by atoms with Crippen molar-refractivity contribution in [3.8, 4) is 11.5 Å². The van der Waals surface area contributed by atoms with Gasteiger partial charge in [-0.2, -0.15) is 4.99 Å². The Kier molecular flexibility index (Phi) is 6.24. The van der Waals surface area contributed by atoms with E-state index in [4.69, 9.17) is 9.47 Å². The highest BCUT2D eigenvalue weighted by atomic mass is 32.1. The molecule has 0 unspecified atom stereocenters. The molecule has 0 radical (unpaired) electrons. The summed E-state index contributed by atoms with van der Waals surface area (Å²) in [6.45, 7) is 2.04. The van der Waals surface area contributed by atoms with Crippen LogP contribution in [0, 0.1) is 0 Å². The minimum Gasteiger partial charge on any atom is -0.465 e. The number of rotatable bonds is 6. The van der Waals surface area contributed by atoms with E-state index in [9.17, 15) is 9.59 Å². The minimum absolute atomic E-state index is 0.0128. The van der Waals surface area contributed by atoms with Gasteiger partial charge in [-0.3, -0.25) is 9.59 Å². The molecule has 0 atom stereocenters. The summed E-state index contributed by atoms with van der Waals surface area (Å²) in [5.74, 6) is 0.435. The van der Waals surface area contributed by atoms with Gasteiger partial charge in [-0.25, -0.2) is 0 Å². The maximum atomic E-state index is 12.9. The average Bonchev–Trinajstić information content (AvgIpc) is 3.11. The van der Waals surface area contributed by atoms with Gasteiger partial charge >= 0.3 is 5.97 Å². The number of para-hydroxylation sites is 2. The van der Waals surface area contributed by atoms with Gasteiger partial charge in [0.25, 0.3) is 5.91 Å². The first-order chi connectivity index (χ1) is 15.1. The molecule has 0 fully saturated rings. The molecule has 6 nitrogen and oxygen atoms in total. The first-order valence-corrected chi connectivity index (χ1v) is 10.6. The Labute approximate surface area is 183 Å². The minimum atomic E-state index is -0.414. The highest BCUT2D eigenvalue weighted by Gasteiger charge is 2.13. The third-order valence-corrected chi connectivity index (χ3v) is 5.50. The van der Waals surface area contributed by atoms with Crippen LogP contribution in [0.5, 0.6) is 11.5 Å². The van der Waals surface area contributed by atoms with E-state index in [1.54, 1.807) is 35.8 Å². The van der Waals surface area contributed by atoms with Gasteiger partial charge in [0.05, 0.1) is 16.8 Å². The van der Waals surface area contributed by atoms with Crippen molar-refractivity contribution < 1.29 is 19.1 Å². The number of amides is 1. The monoisotopic (exact) mass is 432 g/mol. The van der Waals surface area contributed by atoms with Crippen LogP contribution in [0.15, 0.2) is 83.9 Å². The number of esters is 1. The molecule has 7 heteroatoms. The summed E-state index contributed by atoms with van der Waals surface area (Å²) in [6.07, 6.45) is 0. The molecule has 1 heterocycles. The number of thiazole rings is 1. The maximum Gasteiger partial charge on any atom is 0.326 e. The molecule has 0 N–H and O–H groups in total. The van der Waals surface area contributed by atoms with Crippen molar-refractivity contribution in [1.82, 2.24) is 4.57 Å². The summed E-state index contributed by atoms with van der Waals surface area (Å²) in [4.78, 5) is 29.8. The molecule has 0 saturated carbocycles. The second-order valence-corrected chi connectivity index (χ2v) is 7.61. The number of benzene rings is 3. The maximum absolute atomic E-state index is 12.9. The average molecular weight is 433 g/mol. The molecule has 0 aliphatic rings. The lowest BCUT2D eigenvalue weighted by molar-refractivity contribution is -0.143. The number of carbonyl (C=O) groups excluding carboxylic acids is 2. The molecule has 1 amide bonds. The Bertz CT molecular complexity index is 1290. The van der Waals surface area contributed by atoms with E-state index in [-0.39, 0.29) is 12.5 Å². The van der Waals surface area contributed by atoms with E-state index in [1.807, 2.05) is 54.6 Å². The van der Waals surface area contributed by atoms with Crippen molar-refractivity contribution in [3.05, 3.63) is 89.2 Å². The second-order valence-electron chi connectivity index (χ2n) is 6.60. The van der Waals surface area contributed by atoms with Gasteiger partial charge in [0, 0.05) is 5.56 Å². The first kappa shape index (κ1) is 20.6. The van der Waals surface area contributed by atoms with Crippen LogP contribution in [0.2, 0.25) is 0 Å². The third kappa shape index (κ3) is 4.90. The molecule has 4 rings (SSSR count). The smallest absolute Gasteiger partial charge is 0.326 e. The zero-order valence-corrected chi connectivity index (χ0v) is 17.7. The van der Waals surface area contributed by atoms with E-state index < -0.39 is 5.91 Å².